The zero-order valence-corrected chi connectivity index (χ0v) is 22.5. The molecule has 12 heteroatoms. The van der Waals surface area contributed by atoms with Crippen LogP contribution >= 0.6 is 0 Å². The van der Waals surface area contributed by atoms with Gasteiger partial charge in [-0.3, -0.25) is 9.78 Å². The van der Waals surface area contributed by atoms with Crippen LogP contribution in [0, 0.1) is 22.9 Å². The first-order chi connectivity index (χ1) is 19.6. The number of carbonyl (C=O) groups excluding carboxylic acids is 1. The van der Waals surface area contributed by atoms with Crippen molar-refractivity contribution in [2.45, 2.75) is 17.7 Å². The van der Waals surface area contributed by atoms with Gasteiger partial charge in [0, 0.05) is 31.4 Å². The third-order valence-electron chi connectivity index (χ3n) is 7.56. The third-order valence-corrected chi connectivity index (χ3v) is 9.38. The molecule has 0 amide bonds. The molecule has 1 unspecified atom stereocenters. The minimum Gasteiger partial charge on any atom is -0.497 e. The number of methoxy groups -OCH3 is 1. The van der Waals surface area contributed by atoms with Crippen LogP contribution in [-0.4, -0.2) is 53.5 Å². The number of halogens is 3. The average molecular weight is 581 g/mol. The zero-order valence-electron chi connectivity index (χ0n) is 21.7. The van der Waals surface area contributed by atoms with Crippen LogP contribution < -0.4 is 4.74 Å². The Labute approximate surface area is 233 Å². The summed E-state index contributed by atoms with van der Waals surface area (Å²) in [6.45, 7) is -0.301. The normalized spacial score (nSPS) is 18.8. The number of Topliss-reactive ketones (excluding diaryl/α,β-unsaturated/α-hetero) is 1. The van der Waals surface area contributed by atoms with Crippen molar-refractivity contribution < 1.29 is 31.1 Å². The molecule has 2 aromatic heterocycles. The summed E-state index contributed by atoms with van der Waals surface area (Å²) in [4.78, 5) is 18.0. The lowest BCUT2D eigenvalue weighted by Crippen LogP contribution is -2.53. The minimum atomic E-state index is -4.37. The van der Waals surface area contributed by atoms with Crippen molar-refractivity contribution in [2.75, 3.05) is 20.2 Å². The van der Waals surface area contributed by atoms with Gasteiger partial charge in [0.05, 0.1) is 35.0 Å². The molecule has 0 bridgehead atoms. The van der Waals surface area contributed by atoms with E-state index in [2.05, 4.69) is 10.1 Å². The molecule has 1 saturated heterocycles. The molecule has 1 aliphatic carbocycles. The van der Waals surface area contributed by atoms with Gasteiger partial charge in [0.25, 0.3) is 0 Å². The molecular weight excluding hydrogens is 557 g/mol. The molecule has 8 nitrogen and oxygen atoms in total. The molecule has 210 valence electrons. The van der Waals surface area contributed by atoms with E-state index < -0.39 is 43.6 Å². The van der Waals surface area contributed by atoms with Gasteiger partial charge in [-0.2, -0.15) is 9.40 Å². The molecule has 0 N–H and O–H groups in total. The molecule has 0 saturated carbocycles. The van der Waals surface area contributed by atoms with Crippen LogP contribution in [0.15, 0.2) is 77.5 Å². The second-order valence-electron chi connectivity index (χ2n) is 9.98. The van der Waals surface area contributed by atoms with Crippen molar-refractivity contribution in [1.82, 2.24) is 19.1 Å². The predicted molar refractivity (Wildman–Crippen MR) is 142 cm³/mol. The largest absolute Gasteiger partial charge is 0.497 e. The number of hydrogen-bond acceptors (Lipinski definition) is 6. The number of piperidine rings is 1. The summed E-state index contributed by atoms with van der Waals surface area (Å²) in [7, 11) is -2.92. The molecule has 2 aromatic carbocycles. The second kappa shape index (κ2) is 9.96. The van der Waals surface area contributed by atoms with E-state index in [1.807, 2.05) is 6.08 Å². The number of sulfonamides is 1. The Morgan fingerprint density at radius 3 is 2.44 bits per heavy atom. The molecule has 2 aliphatic rings. The van der Waals surface area contributed by atoms with Crippen LogP contribution in [0.4, 0.5) is 13.2 Å². The zero-order chi connectivity index (χ0) is 28.9. The lowest BCUT2D eigenvalue weighted by molar-refractivity contribution is 0.0769. The number of rotatable bonds is 6. The highest BCUT2D eigenvalue weighted by atomic mass is 32.2. The molecule has 4 aromatic rings. The summed E-state index contributed by atoms with van der Waals surface area (Å²) in [6.07, 6.45) is 5.10. The van der Waals surface area contributed by atoms with Gasteiger partial charge in [0.2, 0.25) is 10.0 Å². The molecule has 3 heterocycles. The van der Waals surface area contributed by atoms with Crippen molar-refractivity contribution in [3.63, 3.8) is 0 Å². The quantitative estimate of drug-likeness (QED) is 0.310. The molecule has 6 rings (SSSR count). The Hall–Kier alpha value is -4.29. The molecule has 41 heavy (non-hydrogen) atoms. The number of fused-ring (bicyclic) bond motifs is 2. The minimum absolute atomic E-state index is 0.0209. The number of ether oxygens (including phenoxy) is 1. The number of aromatic nitrogens is 3. The Kier molecular flexibility index (Phi) is 6.54. The molecule has 1 fully saturated rings. The van der Waals surface area contributed by atoms with Gasteiger partial charge < -0.3 is 4.74 Å². The van der Waals surface area contributed by atoms with Crippen LogP contribution in [0.3, 0.4) is 0 Å². The maximum Gasteiger partial charge on any atom is 0.243 e. The summed E-state index contributed by atoms with van der Waals surface area (Å²) < 4.78 is 76.7. The van der Waals surface area contributed by atoms with Gasteiger partial charge in [-0.1, -0.05) is 5.57 Å². The molecular formula is C29H23F3N4O4S. The Morgan fingerprint density at radius 2 is 1.73 bits per heavy atom. The molecule has 1 atom stereocenters. The lowest BCUT2D eigenvalue weighted by Gasteiger charge is -2.44. The third kappa shape index (κ3) is 4.62. The van der Waals surface area contributed by atoms with Crippen LogP contribution in [-0.2, 0) is 16.4 Å². The Bertz CT molecular complexity index is 1800. The number of pyridine rings is 1. The van der Waals surface area contributed by atoms with E-state index >= 15 is 0 Å². The summed E-state index contributed by atoms with van der Waals surface area (Å²) in [6, 6.07) is 11.0. The van der Waals surface area contributed by atoms with Gasteiger partial charge in [0.1, 0.15) is 28.9 Å². The Morgan fingerprint density at radius 1 is 1.00 bits per heavy atom. The van der Waals surface area contributed by atoms with E-state index in [4.69, 9.17) is 4.74 Å². The fourth-order valence-electron chi connectivity index (χ4n) is 5.54. The first kappa shape index (κ1) is 26.9. The number of nitrogens with zero attached hydrogens (tertiary/aromatic N) is 4. The van der Waals surface area contributed by atoms with Crippen LogP contribution in [0.1, 0.15) is 28.2 Å². The van der Waals surface area contributed by atoms with Crippen molar-refractivity contribution >= 4 is 21.9 Å². The first-order valence-corrected chi connectivity index (χ1v) is 14.1. The number of ketones is 1. The van der Waals surface area contributed by atoms with Crippen molar-refractivity contribution in [2.24, 2.45) is 5.41 Å². The number of benzene rings is 2. The highest BCUT2D eigenvalue weighted by Gasteiger charge is 2.51. The topological polar surface area (TPSA) is 94.4 Å². The SMILES string of the molecule is COc1ccnc(C(=O)C23Cc4cnn(-c5ccc(F)cc5)c4C=C2CCN(S(=O)(=O)c2cc(F)cc(F)c2)C3)c1. The molecule has 0 radical (unpaired) electrons. The maximum atomic E-state index is 14.3. The predicted octanol–water partition coefficient (Wildman–Crippen LogP) is 4.60. The smallest absolute Gasteiger partial charge is 0.243 e. The van der Waals surface area contributed by atoms with Gasteiger partial charge in [-0.25, -0.2) is 26.3 Å². The second-order valence-corrected chi connectivity index (χ2v) is 11.9. The van der Waals surface area contributed by atoms with Crippen molar-refractivity contribution in [1.29, 1.82) is 0 Å². The van der Waals surface area contributed by atoms with Crippen LogP contribution in [0.2, 0.25) is 0 Å². The molecule has 1 aliphatic heterocycles. The van der Waals surface area contributed by atoms with Crippen molar-refractivity contribution in [3.05, 3.63) is 107 Å². The van der Waals surface area contributed by atoms with E-state index in [0.29, 0.717) is 34.3 Å². The highest BCUT2D eigenvalue weighted by Crippen LogP contribution is 2.47. The Balaban J connectivity index is 1.46. The van der Waals surface area contributed by atoms with Gasteiger partial charge in [0.15, 0.2) is 5.78 Å². The standard InChI is InChI=1S/C29H23F3N4O4S/c1-40-24-6-8-33-26(14-24)28(37)29-15-18-16-34-36(23-4-2-20(30)3-5-23)27(18)10-19(29)7-9-35(17-29)41(38,39)25-12-21(31)11-22(32)13-25/h2-6,8,10-14,16H,7,9,15,17H2,1H3. The summed E-state index contributed by atoms with van der Waals surface area (Å²) in [5, 5.41) is 4.47. The van der Waals surface area contributed by atoms with E-state index in [1.54, 1.807) is 29.1 Å². The van der Waals surface area contributed by atoms with E-state index in [9.17, 15) is 26.4 Å². The van der Waals surface area contributed by atoms with Crippen LogP contribution in [0.25, 0.3) is 11.8 Å². The van der Waals surface area contributed by atoms with E-state index in [1.165, 1.54) is 31.5 Å². The van der Waals surface area contributed by atoms with Crippen LogP contribution in [0.5, 0.6) is 5.75 Å². The van der Waals surface area contributed by atoms with E-state index in [-0.39, 0.29) is 31.6 Å². The lowest BCUT2D eigenvalue weighted by atomic mass is 9.65. The molecule has 0 spiro atoms. The summed E-state index contributed by atoms with van der Waals surface area (Å²) in [5.41, 5.74) is 1.36. The number of carbonyl (C=O) groups is 1. The van der Waals surface area contributed by atoms with Gasteiger partial charge >= 0.3 is 0 Å². The fraction of sp³-hybridized carbons (Fsp3) is 0.207. The van der Waals surface area contributed by atoms with Gasteiger partial charge in [-0.15, -0.1) is 0 Å². The van der Waals surface area contributed by atoms with E-state index in [0.717, 1.165) is 16.4 Å². The fourth-order valence-corrected chi connectivity index (χ4v) is 7.09. The maximum absolute atomic E-state index is 14.3. The monoisotopic (exact) mass is 580 g/mol. The summed E-state index contributed by atoms with van der Waals surface area (Å²) in [5.74, 6) is -2.46. The summed E-state index contributed by atoms with van der Waals surface area (Å²) >= 11 is 0. The average Bonchev–Trinajstić information content (AvgIpc) is 3.37. The van der Waals surface area contributed by atoms with Crippen molar-refractivity contribution in [3.8, 4) is 11.4 Å². The van der Waals surface area contributed by atoms with Gasteiger partial charge in [-0.05, 0) is 66.9 Å². The highest BCUT2D eigenvalue weighted by molar-refractivity contribution is 7.89. The number of hydrogen-bond donors (Lipinski definition) is 0. The first-order valence-electron chi connectivity index (χ1n) is 12.7.